The smallest absolute Gasteiger partial charge is 0.265 e. The molecular weight excluding hydrogens is 494 g/mol. The van der Waals surface area contributed by atoms with E-state index in [1.54, 1.807) is 38.1 Å². The molecule has 1 heterocycles. The summed E-state index contributed by atoms with van der Waals surface area (Å²) in [5, 5.41) is 2.86. The van der Waals surface area contributed by atoms with E-state index in [2.05, 4.69) is 10.0 Å². The summed E-state index contributed by atoms with van der Waals surface area (Å²) in [6, 6.07) is 22.1. The summed E-state index contributed by atoms with van der Waals surface area (Å²) in [5.74, 6) is 0.0726. The van der Waals surface area contributed by atoms with Crippen LogP contribution >= 0.6 is 0 Å². The molecule has 3 aromatic carbocycles. The summed E-state index contributed by atoms with van der Waals surface area (Å²) in [6.07, 6.45) is -0.888. The first-order chi connectivity index (χ1) is 17.7. The molecule has 0 unspecified atom stereocenters. The number of sulfonamides is 1. The van der Waals surface area contributed by atoms with E-state index >= 15 is 0 Å². The molecule has 2 amide bonds. The molecule has 3 aromatic rings. The Morgan fingerprint density at radius 1 is 1.00 bits per heavy atom. The second-order valence-electron chi connectivity index (χ2n) is 8.82. The highest BCUT2D eigenvalue weighted by atomic mass is 32.2. The number of anilines is 1. The highest BCUT2D eigenvalue weighted by molar-refractivity contribution is 7.89. The maximum atomic E-state index is 13.1. The van der Waals surface area contributed by atoms with E-state index in [1.807, 2.05) is 30.3 Å². The van der Waals surface area contributed by atoms with Crippen LogP contribution in [0, 0.1) is 0 Å². The molecule has 2 N–H and O–H groups in total. The minimum absolute atomic E-state index is 0.0257. The van der Waals surface area contributed by atoms with E-state index in [0.717, 1.165) is 5.56 Å². The Balaban J connectivity index is 1.41. The van der Waals surface area contributed by atoms with E-state index in [0.29, 0.717) is 23.7 Å². The first kappa shape index (κ1) is 26.2. The van der Waals surface area contributed by atoms with Gasteiger partial charge in [-0.15, -0.1) is 0 Å². The van der Waals surface area contributed by atoms with Crippen LogP contribution in [0.2, 0.25) is 0 Å². The first-order valence-electron chi connectivity index (χ1n) is 11.9. The van der Waals surface area contributed by atoms with E-state index < -0.39 is 16.1 Å². The van der Waals surface area contributed by atoms with Crippen molar-refractivity contribution in [2.45, 2.75) is 37.4 Å². The van der Waals surface area contributed by atoms with Crippen LogP contribution < -0.4 is 24.4 Å². The van der Waals surface area contributed by atoms with Gasteiger partial charge in [0.2, 0.25) is 10.0 Å². The van der Waals surface area contributed by atoms with Crippen LogP contribution in [0.3, 0.4) is 0 Å². The monoisotopic (exact) mass is 523 g/mol. The number of hydrogen-bond acceptors (Lipinski definition) is 6. The van der Waals surface area contributed by atoms with Gasteiger partial charge in [0.05, 0.1) is 17.1 Å². The number of para-hydroxylation sites is 2. The second kappa shape index (κ2) is 11.4. The van der Waals surface area contributed by atoms with E-state index in [9.17, 15) is 18.0 Å². The van der Waals surface area contributed by atoms with Crippen LogP contribution in [0.1, 0.15) is 19.4 Å². The topological polar surface area (TPSA) is 114 Å². The van der Waals surface area contributed by atoms with Crippen molar-refractivity contribution >= 4 is 27.5 Å². The zero-order valence-electron chi connectivity index (χ0n) is 20.6. The molecule has 194 valence electrons. The molecule has 0 saturated carbocycles. The van der Waals surface area contributed by atoms with Crippen LogP contribution in [-0.2, 0) is 26.2 Å². The maximum absolute atomic E-state index is 13.1. The normalized spacial score (nSPS) is 15.0. The van der Waals surface area contributed by atoms with E-state index in [-0.39, 0.29) is 35.9 Å². The fourth-order valence-corrected chi connectivity index (χ4v) is 5.07. The van der Waals surface area contributed by atoms with Crippen LogP contribution in [0.15, 0.2) is 83.8 Å². The summed E-state index contributed by atoms with van der Waals surface area (Å²) >= 11 is 0. The predicted molar refractivity (Wildman–Crippen MR) is 139 cm³/mol. The van der Waals surface area contributed by atoms with Gasteiger partial charge < -0.3 is 19.7 Å². The lowest BCUT2D eigenvalue weighted by Gasteiger charge is -2.34. The molecule has 0 aromatic heterocycles. The number of benzene rings is 3. The second-order valence-corrected chi connectivity index (χ2v) is 10.5. The van der Waals surface area contributed by atoms with Gasteiger partial charge in [-0.25, -0.2) is 13.1 Å². The summed E-state index contributed by atoms with van der Waals surface area (Å²) in [4.78, 5) is 27.6. The lowest BCUT2D eigenvalue weighted by molar-refractivity contribution is -0.128. The number of rotatable bonds is 9. The van der Waals surface area contributed by atoms with Crippen molar-refractivity contribution in [2.75, 3.05) is 18.1 Å². The molecule has 0 saturated heterocycles. The van der Waals surface area contributed by atoms with Crippen molar-refractivity contribution in [1.82, 2.24) is 10.0 Å². The summed E-state index contributed by atoms with van der Waals surface area (Å²) in [5.41, 5.74) is 1.50. The molecule has 4 rings (SSSR count). The molecule has 10 heteroatoms. The zero-order valence-corrected chi connectivity index (χ0v) is 21.4. The van der Waals surface area contributed by atoms with Gasteiger partial charge in [0.25, 0.3) is 11.8 Å². The van der Waals surface area contributed by atoms with Crippen molar-refractivity contribution in [3.8, 4) is 11.5 Å². The Kier molecular flexibility index (Phi) is 8.10. The molecule has 0 radical (unpaired) electrons. The van der Waals surface area contributed by atoms with Crippen LogP contribution in [-0.4, -0.2) is 45.5 Å². The standard InChI is InChI=1S/C27H29N3O6S/c1-19(2)29-37(33,34)22-14-12-21(13-15-22)35-18-26(31)30-17-25(36-24-11-7-6-10-23(24)30)27(32)28-16-20-8-4-3-5-9-20/h3-15,19,25,29H,16-18H2,1-2H3,(H,28,32)/t25-/m0/s1. The average molecular weight is 524 g/mol. The van der Waals surface area contributed by atoms with Gasteiger partial charge in [-0.3, -0.25) is 9.59 Å². The van der Waals surface area contributed by atoms with Gasteiger partial charge in [-0.05, 0) is 55.8 Å². The van der Waals surface area contributed by atoms with Crippen LogP contribution in [0.25, 0.3) is 0 Å². The maximum Gasteiger partial charge on any atom is 0.265 e. The van der Waals surface area contributed by atoms with Gasteiger partial charge in [-0.2, -0.15) is 0 Å². The summed E-state index contributed by atoms with van der Waals surface area (Å²) in [7, 11) is -3.63. The molecule has 0 fully saturated rings. The van der Waals surface area contributed by atoms with Crippen LogP contribution in [0.4, 0.5) is 5.69 Å². The number of carbonyl (C=O) groups is 2. The number of ether oxygens (including phenoxy) is 2. The summed E-state index contributed by atoms with van der Waals surface area (Å²) in [6.45, 7) is 3.54. The molecule has 0 spiro atoms. The Hall–Kier alpha value is -3.89. The first-order valence-corrected chi connectivity index (χ1v) is 13.3. The quantitative estimate of drug-likeness (QED) is 0.446. The Bertz CT molecular complexity index is 1340. The van der Waals surface area contributed by atoms with Gasteiger partial charge in [0, 0.05) is 12.6 Å². The number of nitrogens with zero attached hydrogens (tertiary/aromatic N) is 1. The molecule has 0 aliphatic carbocycles. The highest BCUT2D eigenvalue weighted by Crippen LogP contribution is 2.33. The van der Waals surface area contributed by atoms with Crippen molar-refractivity contribution < 1.29 is 27.5 Å². The Morgan fingerprint density at radius 2 is 1.68 bits per heavy atom. The third kappa shape index (κ3) is 6.66. The molecular formula is C27H29N3O6S. The van der Waals surface area contributed by atoms with Gasteiger partial charge in [-0.1, -0.05) is 42.5 Å². The minimum atomic E-state index is -3.63. The number of amides is 2. The average Bonchev–Trinajstić information content (AvgIpc) is 2.89. The molecule has 9 nitrogen and oxygen atoms in total. The van der Waals surface area contributed by atoms with Crippen LogP contribution in [0.5, 0.6) is 11.5 Å². The summed E-state index contributed by atoms with van der Waals surface area (Å²) < 4.78 is 38.6. The molecule has 1 aliphatic heterocycles. The number of nitrogens with one attached hydrogen (secondary N) is 2. The molecule has 1 aliphatic rings. The van der Waals surface area contributed by atoms with Crippen molar-refractivity contribution in [3.63, 3.8) is 0 Å². The van der Waals surface area contributed by atoms with Crippen molar-refractivity contribution in [2.24, 2.45) is 0 Å². The van der Waals surface area contributed by atoms with Gasteiger partial charge in [0.1, 0.15) is 11.5 Å². The third-order valence-corrected chi connectivity index (χ3v) is 7.24. The minimum Gasteiger partial charge on any atom is -0.484 e. The number of fused-ring (bicyclic) bond motifs is 1. The van der Waals surface area contributed by atoms with Gasteiger partial charge in [0.15, 0.2) is 12.7 Å². The molecule has 0 bridgehead atoms. The van der Waals surface area contributed by atoms with E-state index in [1.165, 1.54) is 29.2 Å². The number of carbonyl (C=O) groups excluding carboxylic acids is 2. The predicted octanol–water partition coefficient (Wildman–Crippen LogP) is 2.86. The fourth-order valence-electron chi connectivity index (χ4n) is 3.82. The lowest BCUT2D eigenvalue weighted by Crippen LogP contribution is -2.51. The zero-order chi connectivity index (χ0) is 26.4. The Morgan fingerprint density at radius 3 is 2.38 bits per heavy atom. The fraction of sp³-hybridized carbons (Fsp3) is 0.259. The molecule has 1 atom stereocenters. The van der Waals surface area contributed by atoms with Gasteiger partial charge >= 0.3 is 0 Å². The van der Waals surface area contributed by atoms with E-state index in [4.69, 9.17) is 9.47 Å². The number of hydrogen-bond donors (Lipinski definition) is 2. The molecule has 37 heavy (non-hydrogen) atoms. The lowest BCUT2D eigenvalue weighted by atomic mass is 10.1. The largest absolute Gasteiger partial charge is 0.484 e. The SMILES string of the molecule is CC(C)NS(=O)(=O)c1ccc(OCC(=O)N2C[C@@H](C(=O)NCc3ccccc3)Oc3ccccc32)cc1. The van der Waals surface area contributed by atoms with Crippen molar-refractivity contribution in [1.29, 1.82) is 0 Å². The highest BCUT2D eigenvalue weighted by Gasteiger charge is 2.33. The Labute approximate surface area is 216 Å². The van der Waals surface area contributed by atoms with Crippen molar-refractivity contribution in [3.05, 3.63) is 84.4 Å². The third-order valence-electron chi connectivity index (χ3n) is 5.56.